The number of carbonyl (C=O) groups excluding carboxylic acids is 1. The van der Waals surface area contributed by atoms with Crippen molar-refractivity contribution in [3.63, 3.8) is 0 Å². The number of aliphatic carboxylic acids is 1. The smallest absolute Gasteiger partial charge is 0.329 e. The minimum atomic E-state index is -1.78. The van der Waals surface area contributed by atoms with Gasteiger partial charge in [0.1, 0.15) is 0 Å². The van der Waals surface area contributed by atoms with E-state index in [1.165, 1.54) is 4.90 Å². The molecule has 2 fully saturated rings. The molecule has 23 heavy (non-hydrogen) atoms. The predicted molar refractivity (Wildman–Crippen MR) is 83.3 cm³/mol. The number of halogens is 1. The third kappa shape index (κ3) is 2.38. The van der Waals surface area contributed by atoms with E-state index in [9.17, 15) is 18.9 Å². The van der Waals surface area contributed by atoms with Crippen LogP contribution in [0, 0.1) is 5.92 Å². The summed E-state index contributed by atoms with van der Waals surface area (Å²) >= 11 is 6.54. The van der Waals surface area contributed by atoms with Crippen molar-refractivity contribution in [1.29, 1.82) is 0 Å². The van der Waals surface area contributed by atoms with Crippen molar-refractivity contribution in [2.75, 3.05) is 6.61 Å². The van der Waals surface area contributed by atoms with Gasteiger partial charge in [0.25, 0.3) is 0 Å². The van der Waals surface area contributed by atoms with E-state index >= 15 is 0 Å². The van der Waals surface area contributed by atoms with Crippen LogP contribution in [0.1, 0.15) is 12.8 Å². The van der Waals surface area contributed by atoms with E-state index in [1.54, 1.807) is 30.3 Å². The van der Waals surface area contributed by atoms with E-state index in [2.05, 4.69) is 0 Å². The van der Waals surface area contributed by atoms with Crippen LogP contribution in [-0.2, 0) is 20.4 Å². The molecule has 0 saturated carbocycles. The number of amides is 1. The fraction of sp³-hybridized carbons (Fsp3) is 0.467. The van der Waals surface area contributed by atoms with Crippen LogP contribution in [0.25, 0.3) is 0 Å². The maximum atomic E-state index is 12.9. The molecule has 2 aliphatic rings. The van der Waals surface area contributed by atoms with Crippen molar-refractivity contribution in [3.05, 3.63) is 30.3 Å². The summed E-state index contributed by atoms with van der Waals surface area (Å²) in [5.41, 5.74) is 0. The van der Waals surface area contributed by atoms with Crippen LogP contribution in [-0.4, -0.2) is 54.1 Å². The second kappa shape index (κ2) is 5.89. The third-order valence-corrected chi connectivity index (χ3v) is 7.00. The molecule has 6 nitrogen and oxygen atoms in total. The van der Waals surface area contributed by atoms with Gasteiger partial charge in [0, 0.05) is 24.0 Å². The maximum Gasteiger partial charge on any atom is 0.329 e. The van der Waals surface area contributed by atoms with Crippen molar-refractivity contribution in [2.45, 2.75) is 34.0 Å². The van der Waals surface area contributed by atoms with E-state index in [-0.39, 0.29) is 31.4 Å². The molecule has 124 valence electrons. The molecular weight excluding hydrogens is 342 g/mol. The standard InChI is InChI=1S/C15H16ClNO5S/c16-15(23(22)9-4-2-1-3-5-9)8-11-10(6-7-18)13(19)17(11)12(15)14(20)21/h1-5,10-12,18H,6-8H2,(H,20,21)/t10-,11+,12?,15?,23?/m1/s1. The lowest BCUT2D eigenvalue weighted by Crippen LogP contribution is -2.63. The van der Waals surface area contributed by atoms with Gasteiger partial charge in [-0.3, -0.25) is 9.00 Å². The Bertz CT molecular complexity index is 669. The molecule has 5 atom stereocenters. The highest BCUT2D eigenvalue weighted by Crippen LogP contribution is 2.51. The van der Waals surface area contributed by atoms with Crippen molar-refractivity contribution in [1.82, 2.24) is 4.90 Å². The summed E-state index contributed by atoms with van der Waals surface area (Å²) < 4.78 is 11.3. The molecule has 3 unspecified atom stereocenters. The van der Waals surface area contributed by atoms with Crippen molar-refractivity contribution >= 4 is 34.3 Å². The van der Waals surface area contributed by atoms with Crippen molar-refractivity contribution in [3.8, 4) is 0 Å². The second-order valence-corrected chi connectivity index (χ2v) is 8.38. The average molecular weight is 358 g/mol. The van der Waals surface area contributed by atoms with E-state index < -0.39 is 32.9 Å². The molecule has 2 aliphatic heterocycles. The van der Waals surface area contributed by atoms with E-state index in [0.717, 1.165) is 0 Å². The van der Waals surface area contributed by atoms with E-state index in [4.69, 9.17) is 16.7 Å². The minimum absolute atomic E-state index is 0.128. The van der Waals surface area contributed by atoms with Gasteiger partial charge in [-0.2, -0.15) is 0 Å². The first-order chi connectivity index (χ1) is 10.9. The number of rotatable bonds is 5. The first-order valence-corrected chi connectivity index (χ1v) is 8.76. The Kier molecular flexibility index (Phi) is 4.20. The van der Waals surface area contributed by atoms with Gasteiger partial charge in [0.15, 0.2) is 10.2 Å². The molecule has 1 aromatic rings. The van der Waals surface area contributed by atoms with Gasteiger partial charge in [-0.1, -0.05) is 18.2 Å². The van der Waals surface area contributed by atoms with Crippen LogP contribution in [0.15, 0.2) is 35.2 Å². The molecule has 0 bridgehead atoms. The van der Waals surface area contributed by atoms with Crippen LogP contribution in [0.2, 0.25) is 0 Å². The normalized spacial score (nSPS) is 33.9. The second-order valence-electron chi connectivity index (χ2n) is 5.74. The van der Waals surface area contributed by atoms with Crippen LogP contribution < -0.4 is 0 Å². The fourth-order valence-corrected chi connectivity index (χ4v) is 5.63. The molecule has 3 rings (SSSR count). The summed E-state index contributed by atoms with van der Waals surface area (Å²) in [4.78, 5) is 25.5. The van der Waals surface area contributed by atoms with Gasteiger partial charge >= 0.3 is 5.97 Å². The van der Waals surface area contributed by atoms with E-state index in [0.29, 0.717) is 4.90 Å². The maximum absolute atomic E-state index is 12.9. The highest BCUT2D eigenvalue weighted by atomic mass is 35.5. The van der Waals surface area contributed by atoms with Gasteiger partial charge in [0.2, 0.25) is 5.91 Å². The summed E-state index contributed by atoms with van der Waals surface area (Å²) in [6.07, 6.45) is 0.390. The quantitative estimate of drug-likeness (QED) is 0.600. The van der Waals surface area contributed by atoms with Crippen LogP contribution in [0.3, 0.4) is 0 Å². The molecule has 0 aromatic heterocycles. The number of benzene rings is 1. The van der Waals surface area contributed by atoms with Crippen molar-refractivity contribution < 1.29 is 24.0 Å². The molecule has 2 saturated heterocycles. The number of hydrogen-bond acceptors (Lipinski definition) is 4. The zero-order valence-electron chi connectivity index (χ0n) is 12.1. The summed E-state index contributed by atoms with van der Waals surface area (Å²) in [7, 11) is -1.78. The van der Waals surface area contributed by atoms with Gasteiger partial charge in [-0.15, -0.1) is 11.6 Å². The number of nitrogens with zero attached hydrogens (tertiary/aromatic N) is 1. The first kappa shape index (κ1) is 16.4. The summed E-state index contributed by atoms with van der Waals surface area (Å²) in [5.74, 6) is -2.05. The molecule has 0 spiro atoms. The molecule has 2 N–H and O–H groups in total. The monoisotopic (exact) mass is 357 g/mol. The number of β-lactam (4-membered cyclic amide) rings is 1. The van der Waals surface area contributed by atoms with Gasteiger partial charge in [-0.05, 0) is 18.6 Å². The Morgan fingerprint density at radius 2 is 2.04 bits per heavy atom. The lowest BCUT2D eigenvalue weighted by Gasteiger charge is -2.44. The number of hydrogen-bond donors (Lipinski definition) is 2. The number of aliphatic hydroxyl groups excluding tert-OH is 1. The molecule has 8 heteroatoms. The minimum Gasteiger partial charge on any atom is -0.480 e. The number of carbonyl (C=O) groups is 2. The van der Waals surface area contributed by atoms with Gasteiger partial charge < -0.3 is 15.1 Å². The fourth-order valence-electron chi connectivity index (χ4n) is 3.47. The zero-order chi connectivity index (χ0) is 16.8. The lowest BCUT2D eigenvalue weighted by molar-refractivity contribution is -0.164. The third-order valence-electron chi connectivity index (χ3n) is 4.51. The largest absolute Gasteiger partial charge is 0.480 e. The Balaban J connectivity index is 1.96. The summed E-state index contributed by atoms with van der Waals surface area (Å²) in [5, 5.41) is 18.6. The topological polar surface area (TPSA) is 94.9 Å². The molecule has 2 heterocycles. The average Bonchev–Trinajstić information content (AvgIpc) is 2.84. The Morgan fingerprint density at radius 3 is 2.61 bits per heavy atom. The number of carboxylic acids is 1. The molecular formula is C15H16ClNO5S. The summed E-state index contributed by atoms with van der Waals surface area (Å²) in [6.45, 7) is -0.157. The van der Waals surface area contributed by atoms with Crippen LogP contribution in [0.4, 0.5) is 0 Å². The molecule has 1 amide bonds. The summed E-state index contributed by atoms with van der Waals surface area (Å²) in [6, 6.07) is 6.70. The Hall–Kier alpha value is -1.44. The van der Waals surface area contributed by atoms with E-state index in [1.807, 2.05) is 0 Å². The lowest BCUT2D eigenvalue weighted by atomic mass is 9.85. The molecule has 1 aromatic carbocycles. The Morgan fingerprint density at radius 1 is 1.39 bits per heavy atom. The molecule has 0 aliphatic carbocycles. The zero-order valence-corrected chi connectivity index (χ0v) is 13.7. The SMILES string of the molecule is O=C(O)C1N2C(=O)[C@H](CCO)[C@@H]2CC1(Cl)S(=O)c1ccccc1. The van der Waals surface area contributed by atoms with Crippen molar-refractivity contribution in [2.24, 2.45) is 5.92 Å². The highest BCUT2D eigenvalue weighted by Gasteiger charge is 2.67. The number of alkyl halides is 1. The van der Waals surface area contributed by atoms with Crippen LogP contribution in [0.5, 0.6) is 0 Å². The van der Waals surface area contributed by atoms with Crippen LogP contribution >= 0.6 is 11.6 Å². The van der Waals surface area contributed by atoms with Gasteiger partial charge in [-0.25, -0.2) is 4.79 Å². The Labute approximate surface area is 140 Å². The van der Waals surface area contributed by atoms with Gasteiger partial charge in [0.05, 0.1) is 16.7 Å². The number of fused-ring (bicyclic) bond motifs is 1. The molecule has 0 radical (unpaired) electrons. The number of aliphatic hydroxyl groups is 1. The number of carboxylic acid groups (broad SMARTS) is 1. The first-order valence-electron chi connectivity index (χ1n) is 7.23. The predicted octanol–water partition coefficient (Wildman–Crippen LogP) is 0.796. The highest BCUT2D eigenvalue weighted by molar-refractivity contribution is 7.88.